The lowest BCUT2D eigenvalue weighted by atomic mass is 10.1. The van der Waals surface area contributed by atoms with E-state index in [9.17, 15) is 4.79 Å². The summed E-state index contributed by atoms with van der Waals surface area (Å²) in [5.41, 5.74) is 2.48. The van der Waals surface area contributed by atoms with Gasteiger partial charge in [-0.25, -0.2) is 0 Å². The van der Waals surface area contributed by atoms with Crippen molar-refractivity contribution in [3.8, 4) is 11.3 Å². The van der Waals surface area contributed by atoms with Gasteiger partial charge < -0.3 is 4.57 Å². The summed E-state index contributed by atoms with van der Waals surface area (Å²) >= 11 is 13.4. The minimum absolute atomic E-state index is 0.301. The average molecular weight is 377 g/mol. The summed E-state index contributed by atoms with van der Waals surface area (Å²) in [4.78, 5) is 18.4. The second kappa shape index (κ2) is 6.93. The molecule has 6 heteroatoms. The number of amides is 1. The largest absolute Gasteiger partial charge is 0.319 e. The van der Waals surface area contributed by atoms with Gasteiger partial charge in [-0.2, -0.15) is 4.99 Å². The fourth-order valence-electron chi connectivity index (χ4n) is 2.49. The number of hydrogen-bond donors (Lipinski definition) is 0. The van der Waals surface area contributed by atoms with Gasteiger partial charge in [0.25, 0.3) is 5.91 Å². The maximum atomic E-state index is 12.5. The molecule has 3 nitrogen and oxygen atoms in total. The van der Waals surface area contributed by atoms with E-state index in [4.69, 9.17) is 23.2 Å². The third-order valence-corrected chi connectivity index (χ3v) is 5.20. The molecule has 0 aliphatic heterocycles. The van der Waals surface area contributed by atoms with E-state index in [0.29, 0.717) is 20.4 Å². The lowest BCUT2D eigenvalue weighted by Crippen LogP contribution is -2.14. The number of halogens is 2. The molecule has 0 aliphatic rings. The molecule has 0 bridgehead atoms. The SMILES string of the molecule is Cc1sc(=NC(=O)c2ccc(Cl)cc2Cl)n(C)c1-c1ccccc1. The van der Waals surface area contributed by atoms with Crippen molar-refractivity contribution < 1.29 is 4.79 Å². The van der Waals surface area contributed by atoms with Crippen LogP contribution in [-0.2, 0) is 7.05 Å². The molecular weight excluding hydrogens is 363 g/mol. The number of aromatic nitrogens is 1. The minimum Gasteiger partial charge on any atom is -0.319 e. The number of hydrogen-bond acceptors (Lipinski definition) is 2. The number of aryl methyl sites for hydroxylation is 1. The zero-order valence-electron chi connectivity index (χ0n) is 13.1. The molecule has 1 heterocycles. The number of rotatable bonds is 2. The molecule has 0 fully saturated rings. The Morgan fingerprint density at radius 1 is 1.12 bits per heavy atom. The van der Waals surface area contributed by atoms with Crippen LogP contribution in [0.25, 0.3) is 11.3 Å². The summed E-state index contributed by atoms with van der Waals surface area (Å²) in [6, 6.07) is 14.8. The summed E-state index contributed by atoms with van der Waals surface area (Å²) in [5.74, 6) is -0.381. The lowest BCUT2D eigenvalue weighted by molar-refractivity contribution is 0.0998. The Kier molecular flexibility index (Phi) is 4.90. The van der Waals surface area contributed by atoms with Crippen LogP contribution < -0.4 is 4.80 Å². The van der Waals surface area contributed by atoms with E-state index in [2.05, 4.69) is 4.99 Å². The van der Waals surface area contributed by atoms with Crippen LogP contribution >= 0.6 is 34.5 Å². The van der Waals surface area contributed by atoms with Gasteiger partial charge in [0.05, 0.1) is 16.3 Å². The summed E-state index contributed by atoms with van der Waals surface area (Å²) in [7, 11) is 1.90. The molecule has 0 saturated heterocycles. The maximum absolute atomic E-state index is 12.5. The first-order valence-corrected chi connectivity index (χ1v) is 8.80. The van der Waals surface area contributed by atoms with Gasteiger partial charge in [-0.1, -0.05) is 53.5 Å². The summed E-state index contributed by atoms with van der Waals surface area (Å²) in [5, 5.41) is 0.788. The third-order valence-electron chi connectivity index (χ3n) is 3.61. The maximum Gasteiger partial charge on any atom is 0.281 e. The van der Waals surface area contributed by atoms with Gasteiger partial charge >= 0.3 is 0 Å². The molecule has 24 heavy (non-hydrogen) atoms. The molecule has 0 N–H and O–H groups in total. The molecule has 2 aromatic carbocycles. The lowest BCUT2D eigenvalue weighted by Gasteiger charge is -2.04. The van der Waals surface area contributed by atoms with Gasteiger partial charge in [0.2, 0.25) is 0 Å². The van der Waals surface area contributed by atoms with Crippen molar-refractivity contribution >= 4 is 40.4 Å². The predicted octanol–water partition coefficient (Wildman–Crippen LogP) is 5.11. The van der Waals surface area contributed by atoms with Gasteiger partial charge in [-0.15, -0.1) is 11.3 Å². The number of benzene rings is 2. The Hall–Kier alpha value is -1.88. The molecule has 3 aromatic rings. The highest BCUT2D eigenvalue weighted by Gasteiger charge is 2.13. The molecule has 0 atom stereocenters. The second-order valence-corrected chi connectivity index (χ2v) is 7.28. The molecule has 1 amide bonds. The number of nitrogens with zero attached hydrogens (tertiary/aromatic N) is 2. The van der Waals surface area contributed by atoms with E-state index in [1.54, 1.807) is 18.2 Å². The highest BCUT2D eigenvalue weighted by atomic mass is 35.5. The molecule has 0 spiro atoms. The van der Waals surface area contributed by atoms with Crippen LogP contribution in [-0.4, -0.2) is 10.5 Å². The van der Waals surface area contributed by atoms with E-state index >= 15 is 0 Å². The van der Waals surface area contributed by atoms with Crippen LogP contribution in [0.2, 0.25) is 10.0 Å². The van der Waals surface area contributed by atoms with E-state index < -0.39 is 0 Å². The number of thiazole rings is 1. The minimum atomic E-state index is -0.381. The standard InChI is InChI=1S/C18H14Cl2N2OS/c1-11-16(12-6-4-3-5-7-12)22(2)18(24-11)21-17(23)14-9-8-13(19)10-15(14)20/h3-10H,1-2H3. The van der Waals surface area contributed by atoms with Crippen molar-refractivity contribution in [3.63, 3.8) is 0 Å². The topological polar surface area (TPSA) is 34.4 Å². The van der Waals surface area contributed by atoms with Crippen LogP contribution in [0, 0.1) is 6.92 Å². The highest BCUT2D eigenvalue weighted by molar-refractivity contribution is 7.09. The molecule has 0 saturated carbocycles. The zero-order valence-corrected chi connectivity index (χ0v) is 15.4. The van der Waals surface area contributed by atoms with Gasteiger partial charge in [0.15, 0.2) is 4.80 Å². The molecular formula is C18H14Cl2N2OS. The second-order valence-electron chi connectivity index (χ2n) is 5.26. The molecule has 3 rings (SSSR count). The quantitative estimate of drug-likeness (QED) is 0.611. The first-order valence-electron chi connectivity index (χ1n) is 7.23. The number of carbonyl (C=O) groups excluding carboxylic acids is 1. The molecule has 0 aliphatic carbocycles. The van der Waals surface area contributed by atoms with E-state index in [1.807, 2.05) is 48.9 Å². The Bertz CT molecular complexity index is 974. The van der Waals surface area contributed by atoms with Crippen LogP contribution in [0.3, 0.4) is 0 Å². The molecule has 122 valence electrons. The summed E-state index contributed by atoms with van der Waals surface area (Å²) in [6.45, 7) is 2.02. The van der Waals surface area contributed by atoms with Crippen LogP contribution in [0.15, 0.2) is 53.5 Å². The molecule has 0 unspecified atom stereocenters. The van der Waals surface area contributed by atoms with Gasteiger partial charge in [-0.3, -0.25) is 4.79 Å². The molecule has 1 aromatic heterocycles. The third kappa shape index (κ3) is 3.31. The van der Waals surface area contributed by atoms with Gasteiger partial charge in [-0.05, 0) is 30.7 Å². The Morgan fingerprint density at radius 2 is 1.83 bits per heavy atom. The zero-order chi connectivity index (χ0) is 17.3. The van der Waals surface area contributed by atoms with Crippen molar-refractivity contribution in [2.45, 2.75) is 6.92 Å². The van der Waals surface area contributed by atoms with Gasteiger partial charge in [0, 0.05) is 16.9 Å². The van der Waals surface area contributed by atoms with E-state index in [0.717, 1.165) is 16.1 Å². The number of carbonyl (C=O) groups is 1. The van der Waals surface area contributed by atoms with Crippen molar-refractivity contribution in [2.24, 2.45) is 12.0 Å². The van der Waals surface area contributed by atoms with Crippen LogP contribution in [0.4, 0.5) is 0 Å². The monoisotopic (exact) mass is 376 g/mol. The molecule has 0 radical (unpaired) electrons. The Labute approximate surface area is 153 Å². The fourth-order valence-corrected chi connectivity index (χ4v) is 3.96. The smallest absolute Gasteiger partial charge is 0.281 e. The first-order chi connectivity index (χ1) is 11.5. The van der Waals surface area contributed by atoms with Crippen LogP contribution in [0.1, 0.15) is 15.2 Å². The fraction of sp³-hybridized carbons (Fsp3) is 0.111. The normalized spacial score (nSPS) is 11.8. The van der Waals surface area contributed by atoms with Crippen LogP contribution in [0.5, 0.6) is 0 Å². The first kappa shape index (κ1) is 17.0. The van der Waals surface area contributed by atoms with Gasteiger partial charge in [0.1, 0.15) is 0 Å². The Balaban J connectivity index is 2.07. The van der Waals surface area contributed by atoms with Crippen molar-refractivity contribution in [2.75, 3.05) is 0 Å². The Morgan fingerprint density at radius 3 is 2.50 bits per heavy atom. The van der Waals surface area contributed by atoms with Crippen molar-refractivity contribution in [3.05, 3.63) is 73.8 Å². The summed E-state index contributed by atoms with van der Waals surface area (Å²) < 4.78 is 1.93. The van der Waals surface area contributed by atoms with Crippen molar-refractivity contribution in [1.82, 2.24) is 4.57 Å². The van der Waals surface area contributed by atoms with Crippen molar-refractivity contribution in [1.29, 1.82) is 0 Å². The highest BCUT2D eigenvalue weighted by Crippen LogP contribution is 2.25. The average Bonchev–Trinajstić information content (AvgIpc) is 2.82. The van der Waals surface area contributed by atoms with E-state index in [1.165, 1.54) is 11.3 Å². The summed E-state index contributed by atoms with van der Waals surface area (Å²) in [6.07, 6.45) is 0. The van der Waals surface area contributed by atoms with E-state index in [-0.39, 0.29) is 5.91 Å². The predicted molar refractivity (Wildman–Crippen MR) is 99.8 cm³/mol.